The van der Waals surface area contributed by atoms with E-state index in [4.69, 9.17) is 0 Å². The first-order valence-electron chi connectivity index (χ1n) is 8.24. The van der Waals surface area contributed by atoms with Crippen molar-refractivity contribution in [2.24, 2.45) is 5.41 Å². The van der Waals surface area contributed by atoms with Gasteiger partial charge in [0.15, 0.2) is 25.5 Å². The maximum absolute atomic E-state index is 12.7. The number of carbonyl (C=O) groups excluding carboxylic acids is 1. The van der Waals surface area contributed by atoms with Crippen molar-refractivity contribution in [3.63, 3.8) is 0 Å². The van der Waals surface area contributed by atoms with Gasteiger partial charge in [0.25, 0.3) is 0 Å². The van der Waals surface area contributed by atoms with Crippen LogP contribution in [0.15, 0.2) is 58.3 Å². The van der Waals surface area contributed by atoms with Gasteiger partial charge in [-0.15, -0.1) is 0 Å². The van der Waals surface area contributed by atoms with Gasteiger partial charge >= 0.3 is 0 Å². The molecule has 1 aliphatic carbocycles. The van der Waals surface area contributed by atoms with Crippen molar-refractivity contribution in [3.05, 3.63) is 59.7 Å². The van der Waals surface area contributed by atoms with E-state index in [1.54, 1.807) is 24.3 Å². The molecule has 2 aromatic carbocycles. The highest BCUT2D eigenvalue weighted by Crippen LogP contribution is 2.52. The molecule has 0 heterocycles. The van der Waals surface area contributed by atoms with Gasteiger partial charge in [-0.25, -0.2) is 16.8 Å². The van der Waals surface area contributed by atoms with E-state index >= 15 is 0 Å². The summed E-state index contributed by atoms with van der Waals surface area (Å²) in [7, 11) is -6.61. The van der Waals surface area contributed by atoms with Crippen molar-refractivity contribution in [2.45, 2.75) is 23.6 Å². The summed E-state index contributed by atoms with van der Waals surface area (Å²) in [5, 5.41) is 0. The molecule has 0 atom stereocenters. The molecule has 0 saturated heterocycles. The SMILES string of the molecule is CC1(C)C(=O)C(c2ccc(S(C)(=O)=O)cc2)=C1c1ccc(S(C)(=O)=O)cc1. The largest absolute Gasteiger partial charge is 0.293 e. The highest BCUT2D eigenvalue weighted by Gasteiger charge is 2.47. The fourth-order valence-corrected chi connectivity index (χ4v) is 4.57. The number of hydrogen-bond donors (Lipinski definition) is 0. The molecule has 142 valence electrons. The quantitative estimate of drug-likeness (QED) is 0.782. The van der Waals surface area contributed by atoms with Crippen LogP contribution in [0, 0.1) is 5.41 Å². The third-order valence-electron chi connectivity index (χ3n) is 4.81. The number of carbonyl (C=O) groups is 1. The van der Waals surface area contributed by atoms with E-state index in [-0.39, 0.29) is 15.6 Å². The van der Waals surface area contributed by atoms with Crippen molar-refractivity contribution < 1.29 is 21.6 Å². The highest BCUT2D eigenvalue weighted by molar-refractivity contribution is 7.91. The van der Waals surface area contributed by atoms with Gasteiger partial charge in [0.05, 0.1) is 15.2 Å². The van der Waals surface area contributed by atoms with Crippen LogP contribution in [0.4, 0.5) is 0 Å². The van der Waals surface area contributed by atoms with Crippen molar-refractivity contribution >= 4 is 36.6 Å². The number of sulfone groups is 2. The van der Waals surface area contributed by atoms with Gasteiger partial charge in [0.1, 0.15) is 0 Å². The minimum absolute atomic E-state index is 0.0307. The van der Waals surface area contributed by atoms with Crippen LogP contribution in [0.2, 0.25) is 0 Å². The zero-order valence-corrected chi connectivity index (χ0v) is 17.1. The third-order valence-corrected chi connectivity index (χ3v) is 7.07. The van der Waals surface area contributed by atoms with Crippen molar-refractivity contribution in [3.8, 4) is 0 Å². The lowest BCUT2D eigenvalue weighted by Crippen LogP contribution is -2.37. The Labute approximate surface area is 159 Å². The molecule has 0 radical (unpaired) electrons. The average molecular weight is 405 g/mol. The summed E-state index contributed by atoms with van der Waals surface area (Å²) in [5.74, 6) is -0.0307. The van der Waals surface area contributed by atoms with Gasteiger partial charge in [-0.2, -0.15) is 0 Å². The average Bonchev–Trinajstić information content (AvgIpc) is 2.57. The van der Waals surface area contributed by atoms with Crippen molar-refractivity contribution in [1.29, 1.82) is 0 Å². The van der Waals surface area contributed by atoms with E-state index in [9.17, 15) is 21.6 Å². The normalized spacial score (nSPS) is 17.0. The second kappa shape index (κ2) is 6.14. The molecule has 3 rings (SSSR count). The number of hydrogen-bond acceptors (Lipinski definition) is 5. The van der Waals surface area contributed by atoms with Crippen molar-refractivity contribution in [2.75, 3.05) is 12.5 Å². The smallest absolute Gasteiger partial charge is 0.175 e. The maximum Gasteiger partial charge on any atom is 0.175 e. The predicted molar refractivity (Wildman–Crippen MR) is 105 cm³/mol. The van der Waals surface area contributed by atoms with Gasteiger partial charge in [0.2, 0.25) is 0 Å². The van der Waals surface area contributed by atoms with Gasteiger partial charge in [-0.05, 0) is 54.8 Å². The van der Waals surface area contributed by atoms with Crippen LogP contribution in [0.1, 0.15) is 25.0 Å². The van der Waals surface area contributed by atoms with Crippen molar-refractivity contribution in [1.82, 2.24) is 0 Å². The standard InChI is InChI=1S/C20H20O5S2/c1-20(2)18(14-7-11-16(12-8-14)27(4,24)25)17(19(20)21)13-5-9-15(10-6-13)26(3,22)23/h5-12H,1-4H3. The lowest BCUT2D eigenvalue weighted by Gasteiger charge is -2.39. The van der Waals surface area contributed by atoms with E-state index < -0.39 is 25.1 Å². The molecule has 0 saturated carbocycles. The number of benzene rings is 2. The summed E-state index contributed by atoms with van der Waals surface area (Å²) in [6.07, 6.45) is 2.28. The third kappa shape index (κ3) is 3.37. The number of allylic oxidation sites excluding steroid dienone is 2. The molecular weight excluding hydrogens is 384 g/mol. The fourth-order valence-electron chi connectivity index (χ4n) is 3.31. The highest BCUT2D eigenvalue weighted by atomic mass is 32.2. The van der Waals surface area contributed by atoms with E-state index in [0.717, 1.165) is 23.6 Å². The van der Waals surface area contributed by atoms with Crippen LogP contribution >= 0.6 is 0 Å². The fraction of sp³-hybridized carbons (Fsp3) is 0.250. The summed E-state index contributed by atoms with van der Waals surface area (Å²) < 4.78 is 46.6. The van der Waals surface area contributed by atoms with E-state index in [2.05, 4.69) is 0 Å². The lowest BCUT2D eigenvalue weighted by atomic mass is 9.61. The summed E-state index contributed by atoms with van der Waals surface area (Å²) in [5.41, 5.74) is 2.08. The molecule has 0 spiro atoms. The topological polar surface area (TPSA) is 85.3 Å². The molecule has 1 aliphatic rings. The second-order valence-electron chi connectivity index (χ2n) is 7.30. The van der Waals surface area contributed by atoms with Crippen LogP contribution < -0.4 is 0 Å². The Hall–Kier alpha value is -2.25. The van der Waals surface area contributed by atoms with Crippen LogP contribution in [-0.2, 0) is 24.5 Å². The van der Waals surface area contributed by atoms with Crippen LogP contribution in [0.3, 0.4) is 0 Å². The minimum Gasteiger partial charge on any atom is -0.293 e. The molecule has 0 amide bonds. The number of Topliss-reactive ketones (excluding diaryl/α,β-unsaturated/α-hetero) is 1. The lowest BCUT2D eigenvalue weighted by molar-refractivity contribution is -0.120. The molecule has 7 heteroatoms. The first kappa shape index (κ1) is 19.5. The summed E-state index contributed by atoms with van der Waals surface area (Å²) in [4.78, 5) is 13.1. The Kier molecular flexibility index (Phi) is 4.44. The number of rotatable bonds is 4. The minimum atomic E-state index is -3.31. The second-order valence-corrected chi connectivity index (χ2v) is 11.3. The van der Waals surface area contributed by atoms with Gasteiger partial charge in [0, 0.05) is 18.1 Å². The van der Waals surface area contributed by atoms with E-state index in [1.807, 2.05) is 13.8 Å². The van der Waals surface area contributed by atoms with Crippen LogP contribution in [0.25, 0.3) is 11.1 Å². The zero-order chi connectivity index (χ0) is 20.2. The monoisotopic (exact) mass is 404 g/mol. The van der Waals surface area contributed by atoms with Gasteiger partial charge < -0.3 is 0 Å². The molecule has 0 unspecified atom stereocenters. The van der Waals surface area contributed by atoms with Crippen LogP contribution in [-0.4, -0.2) is 35.1 Å². The molecule has 0 fully saturated rings. The first-order chi connectivity index (χ1) is 12.3. The van der Waals surface area contributed by atoms with Gasteiger partial charge in [-0.3, -0.25) is 4.79 Å². The summed E-state index contributed by atoms with van der Waals surface area (Å²) in [6, 6.07) is 12.7. The van der Waals surface area contributed by atoms with E-state index in [0.29, 0.717) is 11.1 Å². The summed E-state index contributed by atoms with van der Waals surface area (Å²) in [6.45, 7) is 3.65. The number of ketones is 1. The molecule has 2 aromatic rings. The van der Waals surface area contributed by atoms with E-state index in [1.165, 1.54) is 24.3 Å². The molecular formula is C20H20O5S2. The van der Waals surface area contributed by atoms with Crippen LogP contribution in [0.5, 0.6) is 0 Å². The zero-order valence-electron chi connectivity index (χ0n) is 15.5. The predicted octanol–water partition coefficient (Wildman–Crippen LogP) is 3.01. The summed E-state index contributed by atoms with van der Waals surface area (Å²) >= 11 is 0. The first-order valence-corrected chi connectivity index (χ1v) is 12.0. The Morgan fingerprint density at radius 2 is 1.04 bits per heavy atom. The molecule has 0 aliphatic heterocycles. The Bertz CT molecular complexity index is 1170. The molecule has 0 N–H and O–H groups in total. The Morgan fingerprint density at radius 3 is 1.41 bits per heavy atom. The van der Waals surface area contributed by atoms with Gasteiger partial charge in [-0.1, -0.05) is 24.3 Å². The maximum atomic E-state index is 12.7. The molecule has 27 heavy (non-hydrogen) atoms. The molecule has 5 nitrogen and oxygen atoms in total. The Balaban J connectivity index is 2.13. The molecule has 0 aromatic heterocycles. The molecule has 0 bridgehead atoms. The Morgan fingerprint density at radius 1 is 0.667 bits per heavy atom.